The first kappa shape index (κ1) is 26.3. The lowest BCUT2D eigenvalue weighted by atomic mass is 10.1. The van der Waals surface area contributed by atoms with E-state index in [1.807, 2.05) is 39.0 Å². The van der Waals surface area contributed by atoms with Crippen molar-refractivity contribution in [1.82, 2.24) is 14.1 Å². The Morgan fingerprint density at radius 1 is 1.03 bits per heavy atom. The second kappa shape index (κ2) is 11.0. The summed E-state index contributed by atoms with van der Waals surface area (Å²) in [6, 6.07) is 12.0. The smallest absolute Gasteiger partial charge is 0.244 e. The van der Waals surface area contributed by atoms with Crippen molar-refractivity contribution in [3.63, 3.8) is 0 Å². The van der Waals surface area contributed by atoms with E-state index in [2.05, 4.69) is 5.32 Å². The topological polar surface area (TPSA) is 114 Å². The number of aryl methyl sites for hydroxylation is 3. The van der Waals surface area contributed by atoms with Crippen molar-refractivity contribution >= 4 is 27.5 Å². The van der Waals surface area contributed by atoms with E-state index in [-0.39, 0.29) is 61.5 Å². The minimum atomic E-state index is -3.82. The zero-order valence-electron chi connectivity index (χ0n) is 20.5. The van der Waals surface area contributed by atoms with Crippen LogP contribution in [-0.2, 0) is 19.6 Å². The molecule has 3 rings (SSSR count). The van der Waals surface area contributed by atoms with Gasteiger partial charge in [-0.15, -0.1) is 0 Å². The Bertz CT molecular complexity index is 1240. The van der Waals surface area contributed by atoms with Gasteiger partial charge in [0.1, 0.15) is 6.07 Å². The van der Waals surface area contributed by atoms with Gasteiger partial charge in [-0.25, -0.2) is 8.42 Å². The predicted molar refractivity (Wildman–Crippen MR) is 133 cm³/mol. The Hall–Kier alpha value is -3.26. The predicted octanol–water partition coefficient (Wildman–Crippen LogP) is 1.89. The molecule has 2 aromatic carbocycles. The first-order chi connectivity index (χ1) is 16.5. The molecule has 1 fully saturated rings. The van der Waals surface area contributed by atoms with Gasteiger partial charge in [-0.05, 0) is 51.1 Å². The number of rotatable bonds is 7. The van der Waals surface area contributed by atoms with E-state index in [1.165, 1.54) is 16.4 Å². The van der Waals surface area contributed by atoms with Crippen LogP contribution in [-0.4, -0.2) is 80.7 Å². The average Bonchev–Trinajstić information content (AvgIpc) is 2.81. The molecular weight excluding hydrogens is 466 g/mol. The lowest BCUT2D eigenvalue weighted by molar-refractivity contribution is -0.133. The number of hydrogen-bond donors (Lipinski definition) is 1. The maximum atomic E-state index is 13.0. The monoisotopic (exact) mass is 497 g/mol. The van der Waals surface area contributed by atoms with Crippen LogP contribution in [0.4, 0.5) is 5.69 Å². The Morgan fingerprint density at radius 2 is 1.63 bits per heavy atom. The summed E-state index contributed by atoms with van der Waals surface area (Å²) in [6.45, 7) is 6.77. The third-order valence-electron chi connectivity index (χ3n) is 5.98. The highest BCUT2D eigenvalue weighted by Crippen LogP contribution is 2.22. The van der Waals surface area contributed by atoms with Gasteiger partial charge in [-0.1, -0.05) is 29.8 Å². The molecule has 1 saturated heterocycles. The number of amides is 2. The van der Waals surface area contributed by atoms with Gasteiger partial charge in [0.2, 0.25) is 21.8 Å². The fraction of sp³-hybridized carbons (Fsp3) is 0.400. The molecule has 1 heterocycles. The second-order valence-electron chi connectivity index (χ2n) is 8.89. The zero-order valence-corrected chi connectivity index (χ0v) is 21.4. The molecule has 0 atom stereocenters. The van der Waals surface area contributed by atoms with Gasteiger partial charge in [0.15, 0.2) is 0 Å². The molecule has 186 valence electrons. The Labute approximate surface area is 207 Å². The summed E-state index contributed by atoms with van der Waals surface area (Å²) in [4.78, 5) is 28.5. The van der Waals surface area contributed by atoms with Crippen LogP contribution in [0.25, 0.3) is 0 Å². The second-order valence-corrected chi connectivity index (χ2v) is 10.8. The van der Waals surface area contributed by atoms with E-state index >= 15 is 0 Å². The number of benzene rings is 2. The molecule has 1 aliphatic rings. The van der Waals surface area contributed by atoms with Crippen LogP contribution in [0.1, 0.15) is 22.3 Å². The molecule has 0 spiro atoms. The van der Waals surface area contributed by atoms with Crippen LogP contribution in [0.2, 0.25) is 0 Å². The number of anilines is 1. The fourth-order valence-electron chi connectivity index (χ4n) is 4.29. The number of nitrogens with zero attached hydrogens (tertiary/aromatic N) is 4. The lowest BCUT2D eigenvalue weighted by Gasteiger charge is -2.34. The molecule has 0 unspecified atom stereocenters. The van der Waals surface area contributed by atoms with Gasteiger partial charge in [0, 0.05) is 31.9 Å². The molecule has 9 nitrogen and oxygen atoms in total. The fourth-order valence-corrected chi connectivity index (χ4v) is 5.85. The Morgan fingerprint density at radius 3 is 2.23 bits per heavy atom. The third kappa shape index (κ3) is 6.25. The van der Waals surface area contributed by atoms with Gasteiger partial charge in [-0.3, -0.25) is 14.5 Å². The number of nitrogens with one attached hydrogen (secondary N) is 1. The summed E-state index contributed by atoms with van der Waals surface area (Å²) in [7, 11) is -2.12. The summed E-state index contributed by atoms with van der Waals surface area (Å²) in [5.41, 5.74) is 3.99. The van der Waals surface area contributed by atoms with Crippen molar-refractivity contribution in [2.75, 3.05) is 51.6 Å². The van der Waals surface area contributed by atoms with E-state index in [1.54, 1.807) is 29.0 Å². The van der Waals surface area contributed by atoms with Crippen LogP contribution in [0, 0.1) is 32.1 Å². The number of hydrogen-bond acceptors (Lipinski definition) is 6. The van der Waals surface area contributed by atoms with Crippen LogP contribution in [0.5, 0.6) is 0 Å². The molecule has 0 bridgehead atoms. The van der Waals surface area contributed by atoms with Crippen LogP contribution in [0.15, 0.2) is 41.3 Å². The lowest BCUT2D eigenvalue weighted by Crippen LogP contribution is -2.52. The maximum absolute atomic E-state index is 13.0. The highest BCUT2D eigenvalue weighted by molar-refractivity contribution is 7.89. The summed E-state index contributed by atoms with van der Waals surface area (Å²) < 4.78 is 27.3. The number of carbonyl (C=O) groups excluding carboxylic acids is 2. The standard InChI is InChI=1S/C25H31N5O4S/c1-18-13-19(2)25(20(3)14-18)27-23(31)16-28(4)17-24(32)29-9-11-30(12-10-29)35(33,34)22-8-6-5-7-21(22)15-26/h5-8,13-14H,9-12,16-17H2,1-4H3,(H,27,31). The molecule has 35 heavy (non-hydrogen) atoms. The van der Waals surface area contributed by atoms with E-state index in [9.17, 15) is 23.3 Å². The maximum Gasteiger partial charge on any atom is 0.244 e. The molecule has 1 N–H and O–H groups in total. The minimum absolute atomic E-state index is 0.0212. The van der Waals surface area contributed by atoms with E-state index in [0.29, 0.717) is 0 Å². The number of piperazine rings is 1. The SMILES string of the molecule is Cc1cc(C)c(NC(=O)CN(C)CC(=O)N2CCN(S(=O)(=O)c3ccccc3C#N)CC2)c(C)c1. The Balaban J connectivity index is 1.53. The molecule has 2 amide bonds. The van der Waals surface area contributed by atoms with E-state index < -0.39 is 10.0 Å². The number of sulfonamides is 1. The first-order valence-electron chi connectivity index (χ1n) is 11.4. The summed E-state index contributed by atoms with van der Waals surface area (Å²) in [5.74, 6) is -0.375. The van der Waals surface area contributed by atoms with Crippen molar-refractivity contribution < 1.29 is 18.0 Å². The molecule has 0 saturated carbocycles. The summed E-state index contributed by atoms with van der Waals surface area (Å²) >= 11 is 0. The van der Waals surface area contributed by atoms with Crippen molar-refractivity contribution in [3.8, 4) is 6.07 Å². The normalized spacial score (nSPS) is 14.6. The molecule has 0 aromatic heterocycles. The van der Waals surface area contributed by atoms with Crippen LogP contribution in [0.3, 0.4) is 0 Å². The van der Waals surface area contributed by atoms with Gasteiger partial charge in [0.05, 0.1) is 23.5 Å². The largest absolute Gasteiger partial charge is 0.339 e. The van der Waals surface area contributed by atoms with E-state index in [4.69, 9.17) is 0 Å². The summed E-state index contributed by atoms with van der Waals surface area (Å²) in [5, 5.41) is 12.2. The number of nitriles is 1. The minimum Gasteiger partial charge on any atom is -0.339 e. The molecule has 0 radical (unpaired) electrons. The van der Waals surface area contributed by atoms with Crippen molar-refractivity contribution in [2.45, 2.75) is 25.7 Å². The molecule has 1 aliphatic heterocycles. The molecular formula is C25H31N5O4S. The van der Waals surface area contributed by atoms with Crippen LogP contribution >= 0.6 is 0 Å². The van der Waals surface area contributed by atoms with Crippen molar-refractivity contribution in [1.29, 1.82) is 5.26 Å². The Kier molecular flexibility index (Phi) is 8.27. The van der Waals surface area contributed by atoms with E-state index in [0.717, 1.165) is 22.4 Å². The van der Waals surface area contributed by atoms with Gasteiger partial charge < -0.3 is 10.2 Å². The van der Waals surface area contributed by atoms with Crippen molar-refractivity contribution in [2.24, 2.45) is 0 Å². The molecule has 10 heteroatoms. The third-order valence-corrected chi connectivity index (χ3v) is 7.93. The molecule has 2 aromatic rings. The van der Waals surface area contributed by atoms with Gasteiger partial charge in [-0.2, -0.15) is 9.57 Å². The van der Waals surface area contributed by atoms with Gasteiger partial charge in [0.25, 0.3) is 0 Å². The summed E-state index contributed by atoms with van der Waals surface area (Å²) in [6.07, 6.45) is 0. The average molecular weight is 498 g/mol. The zero-order chi connectivity index (χ0) is 25.8. The highest BCUT2D eigenvalue weighted by Gasteiger charge is 2.31. The van der Waals surface area contributed by atoms with Crippen LogP contribution < -0.4 is 5.32 Å². The quantitative estimate of drug-likeness (QED) is 0.625. The first-order valence-corrected chi connectivity index (χ1v) is 12.8. The van der Waals surface area contributed by atoms with Gasteiger partial charge >= 0.3 is 0 Å². The molecule has 0 aliphatic carbocycles. The van der Waals surface area contributed by atoms with Crippen molar-refractivity contribution in [3.05, 3.63) is 58.7 Å². The number of carbonyl (C=O) groups is 2. The highest BCUT2D eigenvalue weighted by atomic mass is 32.2. The number of likely N-dealkylation sites (N-methyl/N-ethyl adjacent to an activating group) is 1.